The molecule has 1 aromatic heterocycles. The summed E-state index contributed by atoms with van der Waals surface area (Å²) < 4.78 is 28.4. The summed E-state index contributed by atoms with van der Waals surface area (Å²) in [6.45, 7) is 0.429. The summed E-state index contributed by atoms with van der Waals surface area (Å²) in [5.41, 5.74) is 6.41. The third-order valence-corrected chi connectivity index (χ3v) is 5.95. The van der Waals surface area contributed by atoms with Crippen LogP contribution in [0.1, 0.15) is 0 Å². The third-order valence-electron chi connectivity index (χ3n) is 3.08. The van der Waals surface area contributed by atoms with Crippen LogP contribution in [0.15, 0.2) is 40.3 Å². The molecule has 6 nitrogen and oxygen atoms in total. The van der Waals surface area contributed by atoms with Crippen LogP contribution in [0, 0.1) is 0 Å². The van der Waals surface area contributed by atoms with Crippen molar-refractivity contribution in [3.63, 3.8) is 0 Å². The van der Waals surface area contributed by atoms with E-state index in [1.165, 1.54) is 15.2 Å². The monoisotopic (exact) mass is 310 g/mol. The van der Waals surface area contributed by atoms with Gasteiger partial charge in [0.1, 0.15) is 4.90 Å². The number of nitrogens with zero attached hydrogens (tertiary/aromatic N) is 3. The van der Waals surface area contributed by atoms with E-state index in [9.17, 15) is 8.42 Å². The summed E-state index contributed by atoms with van der Waals surface area (Å²) in [5.74, 6) is 0.749. The summed E-state index contributed by atoms with van der Waals surface area (Å²) in [6.07, 6.45) is 1.44. The van der Waals surface area contributed by atoms with E-state index < -0.39 is 10.0 Å². The molecule has 1 aliphatic rings. The summed E-state index contributed by atoms with van der Waals surface area (Å²) in [5, 5.41) is 3.91. The first-order chi connectivity index (χ1) is 9.50. The highest BCUT2D eigenvalue weighted by Gasteiger charge is 2.32. The van der Waals surface area contributed by atoms with Crippen LogP contribution in [-0.2, 0) is 17.1 Å². The first-order valence-electron chi connectivity index (χ1n) is 6.04. The van der Waals surface area contributed by atoms with Gasteiger partial charge in [-0.15, -0.1) is 11.8 Å². The van der Waals surface area contributed by atoms with Gasteiger partial charge in [0.2, 0.25) is 0 Å². The standard InChI is InChI=1S/C12H14N4O2S2/c1-15-8-11(12(13)14-15)20(17,18)16-6-7-19-10-5-3-2-4-9(10)16/h2-5,8H,6-7H2,1H3,(H2,13,14). The number of benzene rings is 1. The Bertz CT molecular complexity index is 755. The zero-order valence-electron chi connectivity index (χ0n) is 10.9. The van der Waals surface area contributed by atoms with Gasteiger partial charge in [-0.05, 0) is 12.1 Å². The molecule has 0 fully saturated rings. The highest BCUT2D eigenvalue weighted by atomic mass is 32.2. The highest BCUT2D eigenvalue weighted by Crippen LogP contribution is 2.38. The predicted octanol–water partition coefficient (Wildman–Crippen LogP) is 1.30. The summed E-state index contributed by atoms with van der Waals surface area (Å²) in [4.78, 5) is 1.02. The van der Waals surface area contributed by atoms with Gasteiger partial charge in [-0.1, -0.05) is 12.1 Å². The van der Waals surface area contributed by atoms with Crippen molar-refractivity contribution >= 4 is 33.3 Å². The van der Waals surface area contributed by atoms with Crippen molar-refractivity contribution in [2.75, 3.05) is 22.3 Å². The second-order valence-electron chi connectivity index (χ2n) is 4.45. The third kappa shape index (κ3) is 2.04. The van der Waals surface area contributed by atoms with Gasteiger partial charge < -0.3 is 5.73 Å². The number of hydrogen-bond acceptors (Lipinski definition) is 5. The number of anilines is 2. The van der Waals surface area contributed by atoms with Crippen molar-refractivity contribution in [2.24, 2.45) is 7.05 Å². The predicted molar refractivity (Wildman–Crippen MR) is 79.3 cm³/mol. The van der Waals surface area contributed by atoms with E-state index in [1.807, 2.05) is 24.3 Å². The molecule has 0 atom stereocenters. The number of sulfonamides is 1. The van der Waals surface area contributed by atoms with Gasteiger partial charge in [0.05, 0.1) is 5.69 Å². The van der Waals surface area contributed by atoms with Crippen LogP contribution in [0.5, 0.6) is 0 Å². The Hall–Kier alpha value is -1.67. The minimum absolute atomic E-state index is 0.0307. The van der Waals surface area contributed by atoms with Gasteiger partial charge >= 0.3 is 0 Å². The average Bonchev–Trinajstić information content (AvgIpc) is 2.78. The Morgan fingerprint density at radius 3 is 2.80 bits per heavy atom. The second-order valence-corrected chi connectivity index (χ2v) is 7.41. The number of nitrogens with two attached hydrogens (primary N) is 1. The lowest BCUT2D eigenvalue weighted by atomic mass is 10.3. The van der Waals surface area contributed by atoms with Crippen molar-refractivity contribution in [3.05, 3.63) is 30.5 Å². The van der Waals surface area contributed by atoms with Crippen LogP contribution in [0.4, 0.5) is 11.5 Å². The number of hydrogen-bond donors (Lipinski definition) is 1. The lowest BCUT2D eigenvalue weighted by Gasteiger charge is -2.29. The maximum absolute atomic E-state index is 12.8. The molecule has 2 N–H and O–H groups in total. The van der Waals surface area contributed by atoms with Crippen LogP contribution < -0.4 is 10.0 Å². The number of aromatic nitrogens is 2. The van der Waals surface area contributed by atoms with Crippen LogP contribution in [0.3, 0.4) is 0 Å². The van der Waals surface area contributed by atoms with Gasteiger partial charge in [0, 0.05) is 30.4 Å². The maximum atomic E-state index is 12.8. The fourth-order valence-corrected chi connectivity index (χ4v) is 4.94. The number of rotatable bonds is 2. The molecular weight excluding hydrogens is 296 g/mol. The lowest BCUT2D eigenvalue weighted by molar-refractivity contribution is 0.591. The summed E-state index contributed by atoms with van der Waals surface area (Å²) >= 11 is 1.65. The van der Waals surface area contributed by atoms with Gasteiger partial charge in [0.15, 0.2) is 5.82 Å². The minimum Gasteiger partial charge on any atom is -0.381 e. The Labute approximate surface area is 121 Å². The van der Waals surface area contributed by atoms with Gasteiger partial charge in [0.25, 0.3) is 10.0 Å². The fraction of sp³-hybridized carbons (Fsp3) is 0.250. The number of fused-ring (bicyclic) bond motifs is 1. The molecule has 0 bridgehead atoms. The van der Waals surface area contributed by atoms with E-state index in [2.05, 4.69) is 5.10 Å². The Kier molecular flexibility index (Phi) is 3.14. The molecule has 2 heterocycles. The van der Waals surface area contributed by atoms with Gasteiger partial charge in [-0.3, -0.25) is 8.99 Å². The maximum Gasteiger partial charge on any atom is 0.269 e. The molecule has 1 aliphatic heterocycles. The van der Waals surface area contributed by atoms with Crippen molar-refractivity contribution in [1.29, 1.82) is 0 Å². The molecule has 0 saturated carbocycles. The van der Waals surface area contributed by atoms with E-state index >= 15 is 0 Å². The molecule has 0 radical (unpaired) electrons. The van der Waals surface area contributed by atoms with E-state index in [0.29, 0.717) is 12.2 Å². The molecule has 3 rings (SSSR count). The number of thioether (sulfide) groups is 1. The molecule has 0 saturated heterocycles. The number of para-hydroxylation sites is 1. The lowest BCUT2D eigenvalue weighted by Crippen LogP contribution is -2.35. The second kappa shape index (κ2) is 4.71. The number of aryl methyl sites for hydroxylation is 1. The molecule has 8 heteroatoms. The van der Waals surface area contributed by atoms with Crippen molar-refractivity contribution < 1.29 is 8.42 Å². The average molecular weight is 310 g/mol. The largest absolute Gasteiger partial charge is 0.381 e. The highest BCUT2D eigenvalue weighted by molar-refractivity contribution is 8.00. The molecule has 2 aromatic rings. The van der Waals surface area contributed by atoms with Gasteiger partial charge in [-0.2, -0.15) is 5.10 Å². The molecule has 0 amide bonds. The minimum atomic E-state index is -3.67. The SMILES string of the molecule is Cn1cc(S(=O)(=O)N2CCSc3ccccc32)c(N)n1. The molecule has 20 heavy (non-hydrogen) atoms. The first kappa shape index (κ1) is 13.3. The van der Waals surface area contributed by atoms with Crippen LogP contribution in [0.2, 0.25) is 0 Å². The van der Waals surface area contributed by atoms with E-state index in [4.69, 9.17) is 5.73 Å². The normalized spacial score (nSPS) is 15.2. The molecule has 1 aromatic carbocycles. The van der Waals surface area contributed by atoms with Crippen LogP contribution in [-0.4, -0.2) is 30.5 Å². The van der Waals surface area contributed by atoms with Gasteiger partial charge in [-0.25, -0.2) is 8.42 Å². The Balaban J connectivity index is 2.12. The van der Waals surface area contributed by atoms with E-state index in [-0.39, 0.29) is 10.7 Å². The molecular formula is C12H14N4O2S2. The van der Waals surface area contributed by atoms with Crippen LogP contribution in [0.25, 0.3) is 0 Å². The fourth-order valence-electron chi connectivity index (χ4n) is 2.20. The zero-order valence-corrected chi connectivity index (χ0v) is 12.5. The quantitative estimate of drug-likeness (QED) is 0.904. The smallest absolute Gasteiger partial charge is 0.269 e. The molecule has 0 unspecified atom stereocenters. The molecule has 0 spiro atoms. The van der Waals surface area contributed by atoms with Crippen LogP contribution >= 0.6 is 11.8 Å². The van der Waals surface area contributed by atoms with E-state index in [1.54, 1.807) is 18.8 Å². The summed E-state index contributed by atoms with van der Waals surface area (Å²) in [7, 11) is -2.03. The Morgan fingerprint density at radius 1 is 1.35 bits per heavy atom. The first-order valence-corrected chi connectivity index (χ1v) is 8.46. The number of nitrogen functional groups attached to an aromatic ring is 1. The zero-order chi connectivity index (χ0) is 14.3. The van der Waals surface area contributed by atoms with E-state index in [0.717, 1.165) is 10.6 Å². The van der Waals surface area contributed by atoms with Crippen molar-refractivity contribution in [3.8, 4) is 0 Å². The van der Waals surface area contributed by atoms with Crippen molar-refractivity contribution in [1.82, 2.24) is 9.78 Å². The van der Waals surface area contributed by atoms with Crippen molar-refractivity contribution in [2.45, 2.75) is 9.79 Å². The molecule has 106 valence electrons. The Morgan fingerprint density at radius 2 is 2.10 bits per heavy atom. The topological polar surface area (TPSA) is 81.2 Å². The molecule has 0 aliphatic carbocycles. The summed E-state index contributed by atoms with van der Waals surface area (Å²) in [6, 6.07) is 7.47.